The number of benzene rings is 1. The van der Waals surface area contributed by atoms with Crippen molar-refractivity contribution in [1.82, 2.24) is 4.98 Å². The number of pyridine rings is 1. The first kappa shape index (κ1) is 13.5. The fraction of sp³-hybridized carbons (Fsp3) is 0.267. The van der Waals surface area contributed by atoms with Gasteiger partial charge in [-0.3, -0.25) is 4.98 Å². The lowest BCUT2D eigenvalue weighted by atomic mass is 10.1. The number of hydrogen-bond donors (Lipinski definition) is 1. The van der Waals surface area contributed by atoms with Gasteiger partial charge in [0.2, 0.25) is 0 Å². The summed E-state index contributed by atoms with van der Waals surface area (Å²) in [6.07, 6.45) is 2.75. The molecule has 1 atom stereocenters. The van der Waals surface area contributed by atoms with Crippen LogP contribution in [0.15, 0.2) is 42.7 Å². The minimum Gasteiger partial charge on any atom is -0.389 e. The Morgan fingerprint density at radius 2 is 2.11 bits per heavy atom. The second-order valence-corrected chi connectivity index (χ2v) is 4.57. The molecule has 0 aliphatic heterocycles. The number of aliphatic hydroxyl groups excluding tert-OH is 1. The molecule has 2 rings (SSSR count). The van der Waals surface area contributed by atoms with Gasteiger partial charge in [0.05, 0.1) is 11.8 Å². The molecule has 1 N–H and O–H groups in total. The summed E-state index contributed by atoms with van der Waals surface area (Å²) in [4.78, 5) is 5.83. The van der Waals surface area contributed by atoms with E-state index in [-0.39, 0.29) is 5.82 Å². The lowest BCUT2D eigenvalue weighted by Gasteiger charge is -2.24. The normalized spacial score (nSPS) is 12.2. The summed E-state index contributed by atoms with van der Waals surface area (Å²) in [7, 11) is 1.80. The van der Waals surface area contributed by atoms with Crippen LogP contribution in [0.4, 0.5) is 10.1 Å². The smallest absolute Gasteiger partial charge is 0.146 e. The van der Waals surface area contributed by atoms with E-state index in [1.807, 2.05) is 12.1 Å². The highest BCUT2D eigenvalue weighted by Gasteiger charge is 2.16. The Morgan fingerprint density at radius 1 is 1.32 bits per heavy atom. The Morgan fingerprint density at radius 3 is 2.74 bits per heavy atom. The van der Waals surface area contributed by atoms with Gasteiger partial charge in [0.1, 0.15) is 5.82 Å². The molecule has 2 aromatic rings. The van der Waals surface area contributed by atoms with Gasteiger partial charge in [-0.15, -0.1) is 0 Å². The standard InChI is InChI=1S/C15H17FN2O/c1-11(19)13-6-3-7-14(16)15(13)18(2)10-12-5-4-8-17-9-12/h3-9,11,19H,10H2,1-2H3/t11-/m0/s1. The van der Waals surface area contributed by atoms with E-state index in [1.54, 1.807) is 43.4 Å². The van der Waals surface area contributed by atoms with Crippen molar-refractivity contribution in [3.05, 3.63) is 59.7 Å². The van der Waals surface area contributed by atoms with Crippen LogP contribution in [0.25, 0.3) is 0 Å². The number of halogens is 1. The fourth-order valence-electron chi connectivity index (χ4n) is 2.12. The molecule has 1 aromatic carbocycles. The largest absolute Gasteiger partial charge is 0.389 e. The molecule has 0 amide bonds. The van der Waals surface area contributed by atoms with Gasteiger partial charge in [-0.2, -0.15) is 0 Å². The van der Waals surface area contributed by atoms with Crippen LogP contribution in [0.1, 0.15) is 24.2 Å². The minimum atomic E-state index is -0.706. The molecule has 1 aromatic heterocycles. The molecule has 0 aliphatic carbocycles. The number of nitrogens with zero attached hydrogens (tertiary/aromatic N) is 2. The van der Waals surface area contributed by atoms with Crippen molar-refractivity contribution in [2.45, 2.75) is 19.6 Å². The first-order chi connectivity index (χ1) is 9.09. The van der Waals surface area contributed by atoms with Crippen LogP contribution in [0.5, 0.6) is 0 Å². The van der Waals surface area contributed by atoms with Crippen molar-refractivity contribution in [2.24, 2.45) is 0 Å². The molecule has 0 unspecified atom stereocenters. The SMILES string of the molecule is C[C@H](O)c1cccc(F)c1N(C)Cc1cccnc1. The third kappa shape index (κ3) is 3.09. The van der Waals surface area contributed by atoms with Crippen molar-refractivity contribution in [1.29, 1.82) is 0 Å². The van der Waals surface area contributed by atoms with E-state index in [0.29, 0.717) is 17.8 Å². The maximum Gasteiger partial charge on any atom is 0.146 e. The first-order valence-corrected chi connectivity index (χ1v) is 6.16. The molecule has 3 nitrogen and oxygen atoms in total. The lowest BCUT2D eigenvalue weighted by Crippen LogP contribution is -2.20. The third-order valence-corrected chi connectivity index (χ3v) is 2.99. The van der Waals surface area contributed by atoms with Crippen molar-refractivity contribution in [2.75, 3.05) is 11.9 Å². The lowest BCUT2D eigenvalue weighted by molar-refractivity contribution is 0.199. The van der Waals surface area contributed by atoms with E-state index in [4.69, 9.17) is 0 Å². The highest BCUT2D eigenvalue weighted by Crippen LogP contribution is 2.29. The molecule has 0 aliphatic rings. The second kappa shape index (κ2) is 5.80. The van der Waals surface area contributed by atoms with Crippen LogP contribution in [-0.4, -0.2) is 17.1 Å². The average Bonchev–Trinajstić information content (AvgIpc) is 2.39. The van der Waals surface area contributed by atoms with Gasteiger partial charge < -0.3 is 10.0 Å². The highest BCUT2D eigenvalue weighted by atomic mass is 19.1. The molecule has 0 fully saturated rings. The van der Waals surface area contributed by atoms with Gasteiger partial charge in [0.15, 0.2) is 0 Å². The molecular weight excluding hydrogens is 243 g/mol. The Hall–Kier alpha value is -1.94. The monoisotopic (exact) mass is 260 g/mol. The second-order valence-electron chi connectivity index (χ2n) is 4.57. The topological polar surface area (TPSA) is 36.4 Å². The van der Waals surface area contributed by atoms with E-state index in [0.717, 1.165) is 5.56 Å². The molecule has 0 spiro atoms. The molecule has 19 heavy (non-hydrogen) atoms. The molecule has 1 heterocycles. The van der Waals surface area contributed by atoms with Gasteiger partial charge in [0.25, 0.3) is 0 Å². The minimum absolute atomic E-state index is 0.329. The van der Waals surface area contributed by atoms with Crippen LogP contribution in [0.3, 0.4) is 0 Å². The van der Waals surface area contributed by atoms with Crippen LogP contribution >= 0.6 is 0 Å². The number of hydrogen-bond acceptors (Lipinski definition) is 3. The van der Waals surface area contributed by atoms with E-state index in [2.05, 4.69) is 4.98 Å². The molecule has 0 saturated carbocycles. The number of anilines is 1. The van der Waals surface area contributed by atoms with Gasteiger partial charge >= 0.3 is 0 Å². The molecule has 0 bridgehead atoms. The van der Waals surface area contributed by atoms with Crippen LogP contribution < -0.4 is 4.90 Å². The Kier molecular flexibility index (Phi) is 4.12. The van der Waals surface area contributed by atoms with Gasteiger partial charge in [0, 0.05) is 31.5 Å². The molecule has 0 radical (unpaired) electrons. The van der Waals surface area contributed by atoms with Gasteiger partial charge in [-0.25, -0.2) is 4.39 Å². The van der Waals surface area contributed by atoms with E-state index in [1.165, 1.54) is 6.07 Å². The van der Waals surface area contributed by atoms with Crippen molar-refractivity contribution in [3.8, 4) is 0 Å². The first-order valence-electron chi connectivity index (χ1n) is 6.16. The predicted molar refractivity (Wildman–Crippen MR) is 73.4 cm³/mol. The Bertz CT molecular complexity index is 543. The number of aliphatic hydroxyl groups is 1. The van der Waals surface area contributed by atoms with E-state index < -0.39 is 6.10 Å². The zero-order valence-corrected chi connectivity index (χ0v) is 11.0. The summed E-state index contributed by atoms with van der Waals surface area (Å²) in [5.41, 5.74) is 2.01. The quantitative estimate of drug-likeness (QED) is 0.918. The van der Waals surface area contributed by atoms with Crippen molar-refractivity contribution >= 4 is 5.69 Å². The van der Waals surface area contributed by atoms with E-state index in [9.17, 15) is 9.50 Å². The van der Waals surface area contributed by atoms with E-state index >= 15 is 0 Å². The third-order valence-electron chi connectivity index (χ3n) is 2.99. The van der Waals surface area contributed by atoms with Crippen LogP contribution in [-0.2, 0) is 6.54 Å². The Labute approximate surface area is 112 Å². The molecular formula is C15H17FN2O. The summed E-state index contributed by atoms with van der Waals surface area (Å²) in [6.45, 7) is 2.17. The van der Waals surface area contributed by atoms with Crippen LogP contribution in [0.2, 0.25) is 0 Å². The highest BCUT2D eigenvalue weighted by molar-refractivity contribution is 5.55. The van der Waals surface area contributed by atoms with Crippen molar-refractivity contribution in [3.63, 3.8) is 0 Å². The summed E-state index contributed by atoms with van der Waals surface area (Å²) in [5, 5.41) is 9.74. The number of rotatable bonds is 4. The fourth-order valence-corrected chi connectivity index (χ4v) is 2.12. The predicted octanol–water partition coefficient (Wildman–Crippen LogP) is 2.91. The van der Waals surface area contributed by atoms with Crippen molar-refractivity contribution < 1.29 is 9.50 Å². The average molecular weight is 260 g/mol. The number of aromatic nitrogens is 1. The summed E-state index contributed by atoms with van der Waals surface area (Å²) in [5.74, 6) is -0.329. The number of para-hydroxylation sites is 1. The summed E-state index contributed by atoms with van der Waals surface area (Å²) in [6, 6.07) is 8.54. The maximum atomic E-state index is 14.0. The van der Waals surface area contributed by atoms with Gasteiger partial charge in [-0.1, -0.05) is 18.2 Å². The molecule has 4 heteroatoms. The summed E-state index contributed by atoms with van der Waals surface area (Å²) < 4.78 is 14.0. The summed E-state index contributed by atoms with van der Waals surface area (Å²) >= 11 is 0. The van der Waals surface area contributed by atoms with Gasteiger partial charge in [-0.05, 0) is 24.6 Å². The zero-order valence-electron chi connectivity index (χ0n) is 11.0. The molecule has 0 saturated heterocycles. The molecule has 100 valence electrons. The Balaban J connectivity index is 2.31. The zero-order chi connectivity index (χ0) is 13.8. The van der Waals surface area contributed by atoms with Crippen LogP contribution in [0, 0.1) is 5.82 Å². The maximum absolute atomic E-state index is 14.0.